The second kappa shape index (κ2) is 17.1. The van der Waals surface area contributed by atoms with E-state index in [1.165, 1.54) is 5.54 Å². The smallest absolute Gasteiger partial charge is 0.0382 e. The molecule has 0 aliphatic carbocycles. The third-order valence-electron chi connectivity index (χ3n) is 0.239. The lowest BCUT2D eigenvalue weighted by atomic mass is 10.7. The molecule has 0 spiro atoms. The Morgan fingerprint density at radius 3 is 1.86 bits per heavy atom. The van der Waals surface area contributed by atoms with E-state index in [1.807, 2.05) is 0 Å². The molecule has 4 nitrogen and oxygen atoms in total. The van der Waals surface area contributed by atoms with Gasteiger partial charge in [0, 0.05) is 13.1 Å². The summed E-state index contributed by atoms with van der Waals surface area (Å²) in [5.74, 6) is 0. The summed E-state index contributed by atoms with van der Waals surface area (Å²) >= 11 is 0. The highest BCUT2D eigenvalue weighted by atomic mass is 19.2. The third-order valence-corrected chi connectivity index (χ3v) is 0.239. The molecular weight excluding hydrogens is 103 g/mol. The van der Waals surface area contributed by atoms with Gasteiger partial charge in [-0.1, -0.05) is 0 Å². The first-order valence-corrected chi connectivity index (χ1v) is 1.45. The zero-order valence-electron chi connectivity index (χ0n) is 3.87. The van der Waals surface area contributed by atoms with E-state index in [9.17, 15) is 4.48 Å². The average Bonchev–Trinajstić information content (AvgIpc) is 1.41. The maximum atomic E-state index is 10.7. The van der Waals surface area contributed by atoms with Gasteiger partial charge in [0.25, 0.3) is 0 Å². The molecule has 0 amide bonds. The van der Waals surface area contributed by atoms with Crippen molar-refractivity contribution in [2.24, 2.45) is 5.73 Å². The molecule has 0 bridgehead atoms. The fourth-order valence-electron chi connectivity index (χ4n) is 0.0546. The van der Waals surface area contributed by atoms with E-state index >= 15 is 0 Å². The summed E-state index contributed by atoms with van der Waals surface area (Å²) in [6.07, 6.45) is 0. The van der Waals surface area contributed by atoms with Crippen LogP contribution in [0.3, 0.4) is 0 Å². The summed E-state index contributed by atoms with van der Waals surface area (Å²) in [5.41, 5.74) is 6.23. The van der Waals surface area contributed by atoms with Gasteiger partial charge in [-0.25, -0.2) is 0 Å². The molecule has 0 aliphatic heterocycles. The number of nitrogens with two attached hydrogens (primary N) is 1. The Morgan fingerprint density at radius 2 is 1.86 bits per heavy atom. The van der Waals surface area contributed by atoms with Crippen molar-refractivity contribution in [3.8, 4) is 0 Å². The number of rotatable bonds is 2. The minimum absolute atomic E-state index is 0. The molecule has 0 aromatic rings. The van der Waals surface area contributed by atoms with Gasteiger partial charge in [-0.15, -0.1) is 4.48 Å². The standard InChI is InChI=1S/C2H7FN2.2H2O/c3-5-2-1-4;;/h5H,1-2,4H2;2*1H2. The van der Waals surface area contributed by atoms with Crippen LogP contribution in [0.25, 0.3) is 0 Å². The molecule has 0 atom stereocenters. The fourth-order valence-corrected chi connectivity index (χ4v) is 0.0546. The summed E-state index contributed by atoms with van der Waals surface area (Å²) < 4.78 is 10.7. The van der Waals surface area contributed by atoms with Crippen molar-refractivity contribution in [1.29, 1.82) is 0 Å². The molecule has 0 heterocycles. The van der Waals surface area contributed by atoms with Crippen LogP contribution in [0.4, 0.5) is 4.48 Å². The van der Waals surface area contributed by atoms with Crippen LogP contribution in [0.15, 0.2) is 0 Å². The summed E-state index contributed by atoms with van der Waals surface area (Å²) in [6, 6.07) is 0. The molecule has 0 saturated carbocycles. The molecule has 7 N–H and O–H groups in total. The van der Waals surface area contributed by atoms with Crippen LogP contribution in [-0.2, 0) is 0 Å². The SMILES string of the molecule is NCCNF.O.O. The molecule has 0 aromatic carbocycles. The topological polar surface area (TPSA) is 101 Å². The van der Waals surface area contributed by atoms with Crippen LogP contribution < -0.4 is 11.3 Å². The van der Waals surface area contributed by atoms with Crippen molar-refractivity contribution in [3.63, 3.8) is 0 Å². The molecule has 0 aromatic heterocycles. The van der Waals surface area contributed by atoms with Gasteiger partial charge in [0.2, 0.25) is 0 Å². The third kappa shape index (κ3) is 26.2. The van der Waals surface area contributed by atoms with E-state index in [1.54, 1.807) is 0 Å². The number of nitrogens with one attached hydrogen (secondary N) is 1. The average molecular weight is 114 g/mol. The normalized spacial score (nSPS) is 6.00. The first-order chi connectivity index (χ1) is 2.41. The lowest BCUT2D eigenvalue weighted by Crippen LogP contribution is -2.13. The van der Waals surface area contributed by atoms with Crippen molar-refractivity contribution in [1.82, 2.24) is 5.54 Å². The van der Waals surface area contributed by atoms with E-state index in [0.29, 0.717) is 6.54 Å². The van der Waals surface area contributed by atoms with Crippen molar-refractivity contribution in [3.05, 3.63) is 0 Å². The molecule has 0 rings (SSSR count). The van der Waals surface area contributed by atoms with Crippen molar-refractivity contribution in [2.45, 2.75) is 0 Å². The Kier molecular flexibility index (Phi) is 38.8. The molecule has 5 heteroatoms. The van der Waals surface area contributed by atoms with Crippen molar-refractivity contribution < 1.29 is 15.4 Å². The number of halogens is 1. The van der Waals surface area contributed by atoms with Crippen LogP contribution in [0, 0.1) is 0 Å². The van der Waals surface area contributed by atoms with E-state index in [2.05, 4.69) is 0 Å². The highest BCUT2D eigenvalue weighted by molar-refractivity contribution is 4.28. The van der Waals surface area contributed by atoms with E-state index < -0.39 is 0 Å². The largest absolute Gasteiger partial charge is 0.412 e. The number of hydrogen-bond acceptors (Lipinski definition) is 2. The minimum atomic E-state index is 0. The Hall–Kier alpha value is -0.230. The summed E-state index contributed by atoms with van der Waals surface area (Å²) in [4.78, 5) is 0. The lowest BCUT2D eigenvalue weighted by Gasteiger charge is -1.80. The second-order valence-corrected chi connectivity index (χ2v) is 0.672. The summed E-state index contributed by atoms with van der Waals surface area (Å²) in [7, 11) is 0. The zero-order chi connectivity index (χ0) is 4.12. The van der Waals surface area contributed by atoms with Crippen LogP contribution in [0.1, 0.15) is 0 Å². The van der Waals surface area contributed by atoms with Gasteiger partial charge in [0.1, 0.15) is 0 Å². The van der Waals surface area contributed by atoms with E-state index in [4.69, 9.17) is 5.73 Å². The molecular formula is C2H11FN2O2. The molecule has 0 aliphatic rings. The Bertz CT molecular complexity index is 21.2. The summed E-state index contributed by atoms with van der Waals surface area (Å²) in [6.45, 7) is 0.608. The predicted octanol–water partition coefficient (Wildman–Crippen LogP) is -2.23. The van der Waals surface area contributed by atoms with Crippen molar-refractivity contribution >= 4 is 0 Å². The van der Waals surface area contributed by atoms with Gasteiger partial charge in [-0.3, -0.25) is 0 Å². The predicted molar refractivity (Wildman–Crippen MR) is 25.4 cm³/mol. The van der Waals surface area contributed by atoms with Gasteiger partial charge in [-0.05, 0) is 0 Å². The van der Waals surface area contributed by atoms with E-state index in [0.717, 1.165) is 0 Å². The van der Waals surface area contributed by atoms with Crippen LogP contribution >= 0.6 is 0 Å². The second-order valence-electron chi connectivity index (χ2n) is 0.672. The minimum Gasteiger partial charge on any atom is -0.412 e. The van der Waals surface area contributed by atoms with Gasteiger partial charge >= 0.3 is 0 Å². The Labute approximate surface area is 41.1 Å². The van der Waals surface area contributed by atoms with Gasteiger partial charge in [0.05, 0.1) is 0 Å². The molecule has 0 saturated heterocycles. The summed E-state index contributed by atoms with van der Waals surface area (Å²) in [5, 5.41) is 0. The molecule has 7 heavy (non-hydrogen) atoms. The Morgan fingerprint density at radius 1 is 1.43 bits per heavy atom. The first-order valence-electron chi connectivity index (χ1n) is 1.45. The maximum absolute atomic E-state index is 10.7. The molecule has 0 fully saturated rings. The highest BCUT2D eigenvalue weighted by Gasteiger charge is 1.68. The quantitative estimate of drug-likeness (QED) is 0.397. The van der Waals surface area contributed by atoms with Crippen LogP contribution in [-0.4, -0.2) is 24.0 Å². The monoisotopic (exact) mass is 114 g/mol. The lowest BCUT2D eigenvalue weighted by molar-refractivity contribution is 0.341. The van der Waals surface area contributed by atoms with Crippen molar-refractivity contribution in [2.75, 3.05) is 13.1 Å². The zero-order valence-corrected chi connectivity index (χ0v) is 3.87. The Balaban J connectivity index is -0.0000000800. The van der Waals surface area contributed by atoms with Gasteiger partial charge in [-0.2, -0.15) is 5.54 Å². The first kappa shape index (κ1) is 15.9. The van der Waals surface area contributed by atoms with Crippen LogP contribution in [0.5, 0.6) is 0 Å². The van der Waals surface area contributed by atoms with Gasteiger partial charge in [0.15, 0.2) is 0 Å². The van der Waals surface area contributed by atoms with E-state index in [-0.39, 0.29) is 17.5 Å². The van der Waals surface area contributed by atoms with Crippen LogP contribution in [0.2, 0.25) is 0 Å². The maximum Gasteiger partial charge on any atom is 0.0382 e. The molecule has 48 valence electrons. The van der Waals surface area contributed by atoms with Gasteiger partial charge < -0.3 is 16.7 Å². The molecule has 0 radical (unpaired) electrons. The fraction of sp³-hybridized carbons (Fsp3) is 1.00. The number of hydrogen-bond donors (Lipinski definition) is 2. The highest BCUT2D eigenvalue weighted by Crippen LogP contribution is 1.45. The molecule has 0 unspecified atom stereocenters.